The molecule has 16 heavy (non-hydrogen) atoms. The first-order valence-electron chi connectivity index (χ1n) is 5.14. The average molecular weight is 217 g/mol. The van der Waals surface area contributed by atoms with Crippen LogP contribution in [0.2, 0.25) is 0 Å². The van der Waals surface area contributed by atoms with Gasteiger partial charge < -0.3 is 10.2 Å². The Morgan fingerprint density at radius 2 is 2.31 bits per heavy atom. The molecular weight excluding hydrogens is 206 g/mol. The molecule has 0 radical (unpaired) electrons. The average Bonchev–Trinajstić information content (AvgIpc) is 2.26. The number of pyridine rings is 2. The van der Waals surface area contributed by atoms with Gasteiger partial charge in [-0.3, -0.25) is 9.78 Å². The lowest BCUT2D eigenvalue weighted by atomic mass is 10.2. The molecule has 2 aromatic heterocycles. The molecule has 3 heterocycles. The molecule has 2 aromatic rings. The quantitative estimate of drug-likeness (QED) is 0.788. The van der Waals surface area contributed by atoms with E-state index >= 15 is 0 Å². The van der Waals surface area contributed by atoms with Crippen molar-refractivity contribution in [1.29, 1.82) is 0 Å². The van der Waals surface area contributed by atoms with Crippen molar-refractivity contribution >= 4 is 10.8 Å². The van der Waals surface area contributed by atoms with Crippen LogP contribution in [-0.4, -0.2) is 28.9 Å². The molecule has 0 bridgehead atoms. The minimum absolute atomic E-state index is 0.0718. The predicted molar refractivity (Wildman–Crippen MR) is 60.0 cm³/mol. The normalized spacial score (nSPS) is 16.0. The fourth-order valence-corrected chi connectivity index (χ4v) is 1.69. The van der Waals surface area contributed by atoms with E-state index in [1.165, 1.54) is 4.68 Å². The monoisotopic (exact) mass is 217 g/mol. The number of nitrogens with zero attached hydrogens (tertiary/aromatic N) is 2. The highest BCUT2D eigenvalue weighted by Crippen LogP contribution is 2.06. The molecule has 5 nitrogen and oxygen atoms in total. The van der Waals surface area contributed by atoms with Gasteiger partial charge in [-0.05, 0) is 17.5 Å². The third-order valence-corrected chi connectivity index (χ3v) is 2.67. The Hall–Kier alpha value is -1.88. The van der Waals surface area contributed by atoms with Crippen molar-refractivity contribution in [1.82, 2.24) is 9.66 Å². The molecule has 5 heteroatoms. The van der Waals surface area contributed by atoms with Gasteiger partial charge in [0.05, 0.1) is 24.6 Å². The lowest BCUT2D eigenvalue weighted by Gasteiger charge is -2.28. The first-order chi connectivity index (χ1) is 7.84. The maximum absolute atomic E-state index is 12.0. The summed E-state index contributed by atoms with van der Waals surface area (Å²) in [5.74, 6) is 0. The van der Waals surface area contributed by atoms with Crippen molar-refractivity contribution in [2.75, 3.05) is 18.6 Å². The fourth-order valence-electron chi connectivity index (χ4n) is 1.69. The predicted octanol–water partition coefficient (Wildman–Crippen LogP) is 0.339. The van der Waals surface area contributed by atoms with Crippen LogP contribution in [0, 0.1) is 0 Å². The van der Waals surface area contributed by atoms with Crippen molar-refractivity contribution < 1.29 is 4.74 Å². The number of hydrogen-bond acceptors (Lipinski definition) is 4. The van der Waals surface area contributed by atoms with Crippen LogP contribution in [0.15, 0.2) is 35.5 Å². The summed E-state index contributed by atoms with van der Waals surface area (Å²) in [5.41, 5.74) is 3.02. The number of hydrogen-bond donors (Lipinski definition) is 1. The van der Waals surface area contributed by atoms with Crippen molar-refractivity contribution in [3.63, 3.8) is 0 Å². The lowest BCUT2D eigenvalue weighted by molar-refractivity contribution is 0.0157. The van der Waals surface area contributed by atoms with E-state index in [9.17, 15) is 4.79 Å². The molecule has 82 valence electrons. The van der Waals surface area contributed by atoms with Crippen LogP contribution in [0.1, 0.15) is 0 Å². The summed E-state index contributed by atoms with van der Waals surface area (Å²) in [7, 11) is 0. The minimum atomic E-state index is -0.0718. The number of aromatic nitrogens is 2. The summed E-state index contributed by atoms with van der Waals surface area (Å²) >= 11 is 0. The van der Waals surface area contributed by atoms with Crippen LogP contribution in [-0.2, 0) is 4.74 Å². The summed E-state index contributed by atoms with van der Waals surface area (Å²) < 4.78 is 6.54. The number of rotatable bonds is 2. The van der Waals surface area contributed by atoms with E-state index in [-0.39, 0.29) is 11.6 Å². The van der Waals surface area contributed by atoms with Crippen LogP contribution in [0.5, 0.6) is 0 Å². The summed E-state index contributed by atoms with van der Waals surface area (Å²) in [5, 5.41) is 1.53. The molecule has 1 N–H and O–H groups in total. The molecule has 1 saturated heterocycles. The first kappa shape index (κ1) is 9.35. The van der Waals surface area contributed by atoms with E-state index in [0.29, 0.717) is 18.6 Å². The second-order valence-electron chi connectivity index (χ2n) is 3.82. The van der Waals surface area contributed by atoms with E-state index in [4.69, 9.17) is 4.74 Å². The van der Waals surface area contributed by atoms with Crippen LogP contribution in [0.4, 0.5) is 0 Å². The Labute approximate surface area is 91.6 Å². The number of nitrogens with one attached hydrogen (secondary N) is 1. The smallest absolute Gasteiger partial charge is 0.278 e. The molecule has 0 spiro atoms. The molecule has 3 rings (SSSR count). The van der Waals surface area contributed by atoms with Gasteiger partial charge in [0, 0.05) is 18.6 Å². The van der Waals surface area contributed by atoms with E-state index in [2.05, 4.69) is 10.4 Å². The van der Waals surface area contributed by atoms with Crippen molar-refractivity contribution in [2.24, 2.45) is 0 Å². The first-order valence-corrected chi connectivity index (χ1v) is 5.14. The third kappa shape index (κ3) is 1.45. The molecule has 0 unspecified atom stereocenters. The largest absolute Gasteiger partial charge is 0.377 e. The fraction of sp³-hybridized carbons (Fsp3) is 0.273. The second-order valence-corrected chi connectivity index (χ2v) is 3.82. The second kappa shape index (κ2) is 3.61. The molecule has 0 amide bonds. The highest BCUT2D eigenvalue weighted by molar-refractivity contribution is 5.80. The third-order valence-electron chi connectivity index (χ3n) is 2.67. The van der Waals surface area contributed by atoms with Crippen LogP contribution in [0.25, 0.3) is 10.8 Å². The van der Waals surface area contributed by atoms with Gasteiger partial charge in [0.2, 0.25) is 0 Å². The van der Waals surface area contributed by atoms with Crippen molar-refractivity contribution in [3.05, 3.63) is 41.1 Å². The zero-order chi connectivity index (χ0) is 11.0. The zero-order valence-electron chi connectivity index (χ0n) is 8.59. The standard InChI is InChI=1S/C11H11N3O2/c15-11-10-5-12-3-1-8(10)2-4-14(11)13-9-6-16-7-9/h1-5,9,13H,6-7H2. The molecule has 0 saturated carbocycles. The minimum Gasteiger partial charge on any atom is -0.377 e. The van der Waals surface area contributed by atoms with Crippen molar-refractivity contribution in [2.45, 2.75) is 6.04 Å². The van der Waals surface area contributed by atoms with Crippen LogP contribution in [0.3, 0.4) is 0 Å². The summed E-state index contributed by atoms with van der Waals surface area (Å²) in [6.07, 6.45) is 5.01. The van der Waals surface area contributed by atoms with E-state index in [1.807, 2.05) is 12.1 Å². The zero-order valence-corrected chi connectivity index (χ0v) is 8.59. The van der Waals surface area contributed by atoms with Crippen LogP contribution >= 0.6 is 0 Å². The number of fused-ring (bicyclic) bond motifs is 1. The van der Waals surface area contributed by atoms with E-state index < -0.39 is 0 Å². The summed E-state index contributed by atoms with van der Waals surface area (Å²) in [6, 6.07) is 3.95. The van der Waals surface area contributed by atoms with Gasteiger partial charge in [0.15, 0.2) is 0 Å². The maximum Gasteiger partial charge on any atom is 0.278 e. The lowest BCUT2D eigenvalue weighted by Crippen LogP contribution is -2.47. The van der Waals surface area contributed by atoms with Gasteiger partial charge in [-0.15, -0.1) is 0 Å². The van der Waals surface area contributed by atoms with Gasteiger partial charge in [-0.2, -0.15) is 0 Å². The Bertz CT molecular complexity index is 575. The Morgan fingerprint density at radius 1 is 1.44 bits per heavy atom. The highest BCUT2D eigenvalue weighted by atomic mass is 16.5. The van der Waals surface area contributed by atoms with Gasteiger partial charge in [-0.25, -0.2) is 4.68 Å². The molecule has 0 aromatic carbocycles. The topological polar surface area (TPSA) is 56.2 Å². The SMILES string of the molecule is O=c1c2cnccc2ccn1NC1COC1. The van der Waals surface area contributed by atoms with Gasteiger partial charge in [0.25, 0.3) is 5.56 Å². The molecule has 1 fully saturated rings. The molecule has 1 aliphatic rings. The van der Waals surface area contributed by atoms with E-state index in [1.54, 1.807) is 18.6 Å². The summed E-state index contributed by atoms with van der Waals surface area (Å²) in [6.45, 7) is 1.30. The van der Waals surface area contributed by atoms with Gasteiger partial charge in [0.1, 0.15) is 0 Å². The van der Waals surface area contributed by atoms with Gasteiger partial charge in [-0.1, -0.05) is 0 Å². The Balaban J connectivity index is 2.05. The molecule has 1 aliphatic heterocycles. The Kier molecular flexibility index (Phi) is 2.11. The number of ether oxygens (including phenoxy) is 1. The van der Waals surface area contributed by atoms with Crippen LogP contribution < -0.4 is 11.0 Å². The molecular formula is C11H11N3O2. The maximum atomic E-state index is 12.0. The highest BCUT2D eigenvalue weighted by Gasteiger charge is 2.18. The van der Waals surface area contributed by atoms with Crippen molar-refractivity contribution in [3.8, 4) is 0 Å². The van der Waals surface area contributed by atoms with Gasteiger partial charge >= 0.3 is 0 Å². The molecule has 0 atom stereocenters. The summed E-state index contributed by atoms with van der Waals surface area (Å²) in [4.78, 5) is 16.0. The molecule has 0 aliphatic carbocycles. The Morgan fingerprint density at radius 3 is 3.06 bits per heavy atom. The van der Waals surface area contributed by atoms with E-state index in [0.717, 1.165) is 5.39 Å².